The van der Waals surface area contributed by atoms with Crippen LogP contribution in [-0.2, 0) is 12.7 Å². The molecular formula is C13H17ClF3N. The second-order valence-corrected chi connectivity index (χ2v) is 4.44. The van der Waals surface area contributed by atoms with Crippen LogP contribution in [0.2, 0.25) is 0 Å². The summed E-state index contributed by atoms with van der Waals surface area (Å²) in [7, 11) is 0. The van der Waals surface area contributed by atoms with Gasteiger partial charge in [0.1, 0.15) is 0 Å². The van der Waals surface area contributed by atoms with Gasteiger partial charge in [-0.25, -0.2) is 0 Å². The Hall–Kier alpha value is -0.740. The molecule has 0 saturated carbocycles. The lowest BCUT2D eigenvalue weighted by molar-refractivity contribution is -0.138. The van der Waals surface area contributed by atoms with Crippen LogP contribution in [0.3, 0.4) is 0 Å². The van der Waals surface area contributed by atoms with Crippen LogP contribution in [0.4, 0.5) is 13.2 Å². The Morgan fingerprint density at radius 2 is 1.89 bits per heavy atom. The Morgan fingerprint density at radius 3 is 2.44 bits per heavy atom. The third-order valence-electron chi connectivity index (χ3n) is 2.77. The number of nitrogens with zero attached hydrogens (tertiary/aromatic N) is 1. The zero-order chi connectivity index (χ0) is 13.6. The average Bonchev–Trinajstić information content (AvgIpc) is 2.33. The molecule has 5 heteroatoms. The molecule has 0 radical (unpaired) electrons. The Balaban J connectivity index is 2.82. The van der Waals surface area contributed by atoms with E-state index in [-0.39, 0.29) is 0 Å². The maximum atomic E-state index is 12.8. The lowest BCUT2D eigenvalue weighted by Crippen LogP contribution is -2.25. The molecule has 0 amide bonds. The van der Waals surface area contributed by atoms with Crippen molar-refractivity contribution in [3.8, 4) is 0 Å². The molecule has 0 spiro atoms. The summed E-state index contributed by atoms with van der Waals surface area (Å²) < 4.78 is 38.4. The quantitative estimate of drug-likeness (QED) is 0.707. The van der Waals surface area contributed by atoms with Crippen molar-refractivity contribution in [1.29, 1.82) is 0 Å². The van der Waals surface area contributed by atoms with Crippen LogP contribution in [0, 0.1) is 0 Å². The van der Waals surface area contributed by atoms with Crippen molar-refractivity contribution in [2.75, 3.05) is 19.0 Å². The van der Waals surface area contributed by atoms with E-state index in [0.717, 1.165) is 12.5 Å². The number of hydrogen-bond donors (Lipinski definition) is 0. The van der Waals surface area contributed by atoms with E-state index >= 15 is 0 Å². The molecule has 0 fully saturated rings. The smallest absolute Gasteiger partial charge is 0.299 e. The van der Waals surface area contributed by atoms with Gasteiger partial charge in [0.25, 0.3) is 0 Å². The van der Waals surface area contributed by atoms with Crippen LogP contribution in [0.25, 0.3) is 0 Å². The normalized spacial score (nSPS) is 12.1. The topological polar surface area (TPSA) is 3.24 Å². The summed E-state index contributed by atoms with van der Waals surface area (Å²) in [6, 6.07) is 5.72. The minimum atomic E-state index is -4.29. The van der Waals surface area contributed by atoms with Crippen LogP contribution in [0.1, 0.15) is 24.5 Å². The highest BCUT2D eigenvalue weighted by molar-refractivity contribution is 6.17. The maximum Gasteiger partial charge on any atom is 0.416 e. The molecule has 1 aromatic rings. The summed E-state index contributed by atoms with van der Waals surface area (Å²) in [4.78, 5) is 1.97. The highest BCUT2D eigenvalue weighted by atomic mass is 35.5. The molecule has 0 aromatic heterocycles. The number of halogens is 4. The van der Waals surface area contributed by atoms with Crippen molar-refractivity contribution in [2.45, 2.75) is 26.1 Å². The van der Waals surface area contributed by atoms with Crippen molar-refractivity contribution >= 4 is 11.6 Å². The molecule has 0 atom stereocenters. The molecule has 18 heavy (non-hydrogen) atoms. The molecule has 0 saturated heterocycles. The number of alkyl halides is 4. The van der Waals surface area contributed by atoms with Crippen molar-refractivity contribution < 1.29 is 13.2 Å². The van der Waals surface area contributed by atoms with E-state index in [2.05, 4.69) is 0 Å². The van der Waals surface area contributed by atoms with Crippen LogP contribution >= 0.6 is 11.6 Å². The maximum absolute atomic E-state index is 12.8. The van der Waals surface area contributed by atoms with E-state index in [4.69, 9.17) is 11.6 Å². The molecule has 0 unspecified atom stereocenters. The summed E-state index contributed by atoms with van der Waals surface area (Å²) >= 11 is 5.60. The fourth-order valence-corrected chi connectivity index (χ4v) is 1.93. The largest absolute Gasteiger partial charge is 0.416 e. The first-order valence-corrected chi connectivity index (χ1v) is 6.46. The minimum Gasteiger partial charge on any atom is -0.299 e. The monoisotopic (exact) mass is 279 g/mol. The molecule has 1 rings (SSSR count). The Bertz CT molecular complexity index is 365. The Morgan fingerprint density at radius 1 is 1.22 bits per heavy atom. The molecule has 1 aromatic carbocycles. The van der Waals surface area contributed by atoms with E-state index in [1.807, 2.05) is 11.8 Å². The van der Waals surface area contributed by atoms with Gasteiger partial charge in [-0.15, -0.1) is 11.6 Å². The standard InChI is InChI=1S/C13H17ClF3N/c1-2-18(9-5-8-14)10-11-6-3-4-7-12(11)13(15,16)17/h3-4,6-7H,2,5,8-10H2,1H3. The lowest BCUT2D eigenvalue weighted by atomic mass is 10.1. The second-order valence-electron chi connectivity index (χ2n) is 4.07. The van der Waals surface area contributed by atoms with Gasteiger partial charge < -0.3 is 0 Å². The van der Waals surface area contributed by atoms with Gasteiger partial charge in [0.2, 0.25) is 0 Å². The molecule has 0 heterocycles. The molecule has 0 aliphatic carbocycles. The highest BCUT2D eigenvalue weighted by Crippen LogP contribution is 2.32. The summed E-state index contributed by atoms with van der Waals surface area (Å²) in [5, 5.41) is 0. The van der Waals surface area contributed by atoms with Crippen molar-refractivity contribution in [2.24, 2.45) is 0 Å². The van der Waals surface area contributed by atoms with Crippen molar-refractivity contribution in [3.63, 3.8) is 0 Å². The Labute approximate surface area is 111 Å². The van der Waals surface area contributed by atoms with E-state index < -0.39 is 11.7 Å². The minimum absolute atomic E-state index is 0.309. The van der Waals surface area contributed by atoms with Gasteiger partial charge in [0, 0.05) is 12.4 Å². The van der Waals surface area contributed by atoms with Gasteiger partial charge in [-0.05, 0) is 31.1 Å². The van der Waals surface area contributed by atoms with Crippen LogP contribution in [-0.4, -0.2) is 23.9 Å². The third kappa shape index (κ3) is 4.50. The Kier molecular flexibility index (Phi) is 5.96. The van der Waals surface area contributed by atoms with Gasteiger partial charge in [-0.3, -0.25) is 4.90 Å². The first kappa shape index (κ1) is 15.3. The molecule has 1 nitrogen and oxygen atoms in total. The molecule has 0 bridgehead atoms. The average molecular weight is 280 g/mol. The molecule has 0 aliphatic heterocycles. The summed E-state index contributed by atoms with van der Waals surface area (Å²) in [6.07, 6.45) is -3.51. The van der Waals surface area contributed by atoms with E-state index in [1.54, 1.807) is 6.07 Å². The van der Waals surface area contributed by atoms with Gasteiger partial charge in [-0.1, -0.05) is 25.1 Å². The fourth-order valence-electron chi connectivity index (χ4n) is 1.81. The SMILES string of the molecule is CCN(CCCCl)Cc1ccccc1C(F)(F)F. The summed E-state index contributed by atoms with van der Waals surface area (Å²) in [5.74, 6) is 0.525. The van der Waals surface area contributed by atoms with Crippen molar-refractivity contribution in [1.82, 2.24) is 4.90 Å². The van der Waals surface area contributed by atoms with E-state index in [1.165, 1.54) is 12.1 Å². The van der Waals surface area contributed by atoms with Gasteiger partial charge >= 0.3 is 6.18 Å². The number of hydrogen-bond acceptors (Lipinski definition) is 1. The predicted octanol–water partition coefficient (Wildman–Crippen LogP) is 4.16. The number of rotatable bonds is 6. The summed E-state index contributed by atoms with van der Waals surface area (Å²) in [6.45, 7) is 3.67. The summed E-state index contributed by atoms with van der Waals surface area (Å²) in [5.41, 5.74) is -0.226. The fraction of sp³-hybridized carbons (Fsp3) is 0.538. The van der Waals surface area contributed by atoms with Crippen LogP contribution in [0.15, 0.2) is 24.3 Å². The molecule has 102 valence electrons. The lowest BCUT2D eigenvalue weighted by Gasteiger charge is -2.22. The van der Waals surface area contributed by atoms with E-state index in [9.17, 15) is 13.2 Å². The number of benzene rings is 1. The first-order valence-electron chi connectivity index (χ1n) is 5.92. The highest BCUT2D eigenvalue weighted by Gasteiger charge is 2.33. The van der Waals surface area contributed by atoms with Crippen LogP contribution < -0.4 is 0 Å². The van der Waals surface area contributed by atoms with E-state index in [0.29, 0.717) is 31.1 Å². The first-order chi connectivity index (χ1) is 8.49. The third-order valence-corrected chi connectivity index (χ3v) is 3.04. The molecule has 0 N–H and O–H groups in total. The second kappa shape index (κ2) is 7.00. The van der Waals surface area contributed by atoms with Gasteiger partial charge in [-0.2, -0.15) is 13.2 Å². The molecular weight excluding hydrogens is 263 g/mol. The van der Waals surface area contributed by atoms with Gasteiger partial charge in [0.05, 0.1) is 5.56 Å². The zero-order valence-corrected chi connectivity index (χ0v) is 11.1. The zero-order valence-electron chi connectivity index (χ0n) is 10.3. The predicted molar refractivity (Wildman–Crippen MR) is 67.7 cm³/mol. The molecule has 0 aliphatic rings. The van der Waals surface area contributed by atoms with Crippen molar-refractivity contribution in [3.05, 3.63) is 35.4 Å². The van der Waals surface area contributed by atoms with Crippen LogP contribution in [0.5, 0.6) is 0 Å². The van der Waals surface area contributed by atoms with Gasteiger partial charge in [0.15, 0.2) is 0 Å².